The fraction of sp³-hybridized carbons (Fsp3) is 0.417. The minimum Gasteiger partial charge on any atom is -0.359 e. The van der Waals surface area contributed by atoms with Crippen molar-refractivity contribution >= 4 is 56.8 Å². The third-order valence-corrected chi connectivity index (χ3v) is 13.7. The van der Waals surface area contributed by atoms with E-state index < -0.39 is 0 Å². The van der Waals surface area contributed by atoms with E-state index in [1.807, 2.05) is 30.7 Å². The van der Waals surface area contributed by atoms with Gasteiger partial charge in [-0.15, -0.1) is 0 Å². The summed E-state index contributed by atoms with van der Waals surface area (Å²) in [6, 6.07) is 19.1. The number of aryl methyl sites for hydroxylation is 1. The molecule has 60 heavy (non-hydrogen) atoms. The van der Waals surface area contributed by atoms with Crippen LogP contribution < -0.4 is 10.6 Å². The molecule has 0 spiro atoms. The molecule has 8 rings (SSSR count). The summed E-state index contributed by atoms with van der Waals surface area (Å²) in [5, 5.41) is 9.57. The molecule has 0 radical (unpaired) electrons. The zero-order valence-corrected chi connectivity index (χ0v) is 36.9. The molecule has 3 atom stereocenters. The van der Waals surface area contributed by atoms with Crippen molar-refractivity contribution in [1.82, 2.24) is 39.5 Å². The highest BCUT2D eigenvalue weighted by Crippen LogP contribution is 2.37. The molecule has 2 N–H and O–H groups in total. The topological polar surface area (TPSA) is 100 Å². The Morgan fingerprint density at radius 1 is 0.767 bits per heavy atom. The van der Waals surface area contributed by atoms with Gasteiger partial charge in [-0.1, -0.05) is 29.3 Å². The van der Waals surface area contributed by atoms with E-state index in [1.165, 1.54) is 38.8 Å². The van der Waals surface area contributed by atoms with E-state index in [2.05, 4.69) is 98.0 Å². The van der Waals surface area contributed by atoms with E-state index in [1.54, 1.807) is 14.1 Å². The second kappa shape index (κ2) is 18.1. The number of amides is 2. The number of carbonyl (C=O) groups is 2. The number of nitrogens with one attached hydrogen (secondary N) is 2. The zero-order valence-electron chi connectivity index (χ0n) is 35.4. The number of hydrogen-bond donors (Lipinski definition) is 2. The molecule has 2 amide bonds. The molecule has 2 aliphatic heterocycles. The van der Waals surface area contributed by atoms with Crippen LogP contribution in [0.2, 0.25) is 10.0 Å². The van der Waals surface area contributed by atoms with Crippen molar-refractivity contribution in [3.05, 3.63) is 128 Å². The maximum absolute atomic E-state index is 13.0. The Morgan fingerprint density at radius 3 is 2.03 bits per heavy atom. The van der Waals surface area contributed by atoms with Gasteiger partial charge in [-0.25, -0.2) is 0 Å². The standard InChI is InChI=1S/C48H56Cl2N8O2/c1-30-26-53-16-12-38(30)33(21-48(60)52-3)29-58-44-11-8-35(50)23-41(44)42-25-37(56(5)19-15-46(42)58)24-36-9-6-31(27-54-36)32(20-47(59)51-2)28-57-43-10-7-34(49)22-40(43)39-13-17-55(4)18-14-45(39)57/h6-12,16,22-23,26-27,32-33,37H,13-15,17-21,24-25,28-29H2,1-5H3,(H,51,59)(H,52,60). The molecule has 0 fully saturated rings. The number of pyridine rings is 2. The summed E-state index contributed by atoms with van der Waals surface area (Å²) in [5.74, 6) is -0.0576. The lowest BCUT2D eigenvalue weighted by atomic mass is 9.92. The summed E-state index contributed by atoms with van der Waals surface area (Å²) in [6.07, 6.45) is 10.9. The maximum Gasteiger partial charge on any atom is 0.220 e. The summed E-state index contributed by atoms with van der Waals surface area (Å²) in [7, 11) is 7.81. The number of fused-ring (bicyclic) bond motifs is 6. The van der Waals surface area contributed by atoms with Crippen molar-refractivity contribution in [1.29, 1.82) is 0 Å². The van der Waals surface area contributed by atoms with Gasteiger partial charge in [0, 0.05) is 164 Å². The molecule has 4 aromatic heterocycles. The average molecular weight is 848 g/mol. The fourth-order valence-electron chi connectivity index (χ4n) is 9.82. The molecule has 0 bridgehead atoms. The zero-order chi connectivity index (χ0) is 42.1. The minimum atomic E-state index is -0.0648. The predicted octanol–water partition coefficient (Wildman–Crippen LogP) is 7.51. The lowest BCUT2D eigenvalue weighted by Gasteiger charge is -2.26. The van der Waals surface area contributed by atoms with Crippen molar-refractivity contribution in [2.75, 3.05) is 47.8 Å². The Bertz CT molecular complexity index is 2530. The third-order valence-electron chi connectivity index (χ3n) is 13.2. The van der Waals surface area contributed by atoms with Crippen LogP contribution in [0.15, 0.2) is 73.2 Å². The van der Waals surface area contributed by atoms with Gasteiger partial charge in [0.05, 0.1) is 0 Å². The molecule has 3 unspecified atom stereocenters. The van der Waals surface area contributed by atoms with Gasteiger partial charge in [0.2, 0.25) is 11.8 Å². The van der Waals surface area contributed by atoms with Gasteiger partial charge in [0.15, 0.2) is 0 Å². The van der Waals surface area contributed by atoms with Gasteiger partial charge >= 0.3 is 0 Å². The van der Waals surface area contributed by atoms with Gasteiger partial charge in [0.25, 0.3) is 0 Å². The Hall–Kier alpha value is -4.74. The first-order chi connectivity index (χ1) is 29.0. The normalized spacial score (nSPS) is 17.1. The van der Waals surface area contributed by atoms with Crippen LogP contribution in [0.1, 0.15) is 69.6 Å². The summed E-state index contributed by atoms with van der Waals surface area (Å²) in [6.45, 7) is 6.30. The van der Waals surface area contributed by atoms with E-state index in [4.69, 9.17) is 28.2 Å². The highest BCUT2D eigenvalue weighted by atomic mass is 35.5. The van der Waals surface area contributed by atoms with Crippen molar-refractivity contribution in [2.45, 2.75) is 82.8 Å². The van der Waals surface area contributed by atoms with Crippen LogP contribution >= 0.6 is 23.2 Å². The fourth-order valence-corrected chi connectivity index (χ4v) is 10.2. The molecular weight excluding hydrogens is 791 g/mol. The smallest absolute Gasteiger partial charge is 0.220 e. The molecule has 0 saturated heterocycles. The molecule has 2 aromatic carbocycles. The highest BCUT2D eigenvalue weighted by molar-refractivity contribution is 6.31. The van der Waals surface area contributed by atoms with Crippen LogP contribution in [-0.2, 0) is 54.8 Å². The number of likely N-dealkylation sites (N-methyl/N-ethyl adjacent to an activating group) is 2. The number of nitrogens with zero attached hydrogens (tertiary/aromatic N) is 6. The SMILES string of the molecule is CNC(=O)CC(Cn1c2c(c3cc(Cl)ccc31)CCN(C)CC2)c1ccc(CC2Cc3c(n(CC(CC(=O)NC)c4ccncc4C)c4ccc(Cl)cc34)CCN2C)nc1. The van der Waals surface area contributed by atoms with Gasteiger partial charge in [-0.3, -0.25) is 19.6 Å². The average Bonchev–Trinajstić information content (AvgIpc) is 3.50. The Kier molecular flexibility index (Phi) is 12.6. The number of benzene rings is 2. The molecule has 6 aromatic rings. The number of carbonyl (C=O) groups excluding carboxylic acids is 2. The second-order valence-corrected chi connectivity index (χ2v) is 17.8. The van der Waals surface area contributed by atoms with E-state index in [9.17, 15) is 9.59 Å². The van der Waals surface area contributed by atoms with Crippen molar-refractivity contribution in [2.24, 2.45) is 0 Å². The number of hydrogen-bond acceptors (Lipinski definition) is 6. The number of halogens is 2. The van der Waals surface area contributed by atoms with Crippen LogP contribution in [0.4, 0.5) is 0 Å². The minimum absolute atomic E-state index is 0.0143. The van der Waals surface area contributed by atoms with Gasteiger partial charge < -0.3 is 29.6 Å². The molecule has 6 heterocycles. The third kappa shape index (κ3) is 8.71. The lowest BCUT2D eigenvalue weighted by molar-refractivity contribution is -0.121. The second-order valence-electron chi connectivity index (χ2n) is 17.0. The Morgan fingerprint density at radius 2 is 1.38 bits per heavy atom. The Labute approximate surface area is 363 Å². The van der Waals surface area contributed by atoms with Crippen LogP contribution in [0.5, 0.6) is 0 Å². The molecular formula is C48H56Cl2N8O2. The first-order valence-electron chi connectivity index (χ1n) is 21.3. The first-order valence-corrected chi connectivity index (χ1v) is 22.0. The molecule has 314 valence electrons. The monoisotopic (exact) mass is 846 g/mol. The van der Waals surface area contributed by atoms with Crippen LogP contribution in [0.25, 0.3) is 21.8 Å². The van der Waals surface area contributed by atoms with E-state index in [0.717, 1.165) is 84.7 Å². The van der Waals surface area contributed by atoms with E-state index in [0.29, 0.717) is 31.0 Å². The number of aromatic nitrogens is 4. The van der Waals surface area contributed by atoms with Crippen molar-refractivity contribution < 1.29 is 9.59 Å². The van der Waals surface area contributed by atoms with Crippen LogP contribution in [-0.4, -0.2) is 94.6 Å². The van der Waals surface area contributed by atoms with Gasteiger partial charge in [-0.05, 0) is 110 Å². The molecule has 0 saturated carbocycles. The van der Waals surface area contributed by atoms with E-state index >= 15 is 0 Å². The van der Waals surface area contributed by atoms with Crippen molar-refractivity contribution in [3.63, 3.8) is 0 Å². The molecule has 0 aliphatic carbocycles. The summed E-state index contributed by atoms with van der Waals surface area (Å²) < 4.78 is 4.89. The van der Waals surface area contributed by atoms with Gasteiger partial charge in [-0.2, -0.15) is 0 Å². The molecule has 2 aliphatic rings. The largest absolute Gasteiger partial charge is 0.359 e. The van der Waals surface area contributed by atoms with E-state index in [-0.39, 0.29) is 29.7 Å². The lowest BCUT2D eigenvalue weighted by Crippen LogP contribution is -2.35. The van der Waals surface area contributed by atoms with Crippen molar-refractivity contribution in [3.8, 4) is 0 Å². The molecule has 12 heteroatoms. The number of rotatable bonds is 12. The molecule has 10 nitrogen and oxygen atoms in total. The Balaban J connectivity index is 1.08. The first kappa shape index (κ1) is 42.0. The summed E-state index contributed by atoms with van der Waals surface area (Å²) in [4.78, 5) is 40.2. The van der Waals surface area contributed by atoms with Gasteiger partial charge in [0.1, 0.15) is 0 Å². The summed E-state index contributed by atoms with van der Waals surface area (Å²) in [5.41, 5.74) is 12.0. The van der Waals surface area contributed by atoms with Crippen LogP contribution in [0, 0.1) is 6.92 Å². The quantitative estimate of drug-likeness (QED) is 0.132. The van der Waals surface area contributed by atoms with Crippen LogP contribution in [0.3, 0.4) is 0 Å². The highest BCUT2D eigenvalue weighted by Gasteiger charge is 2.30. The predicted molar refractivity (Wildman–Crippen MR) is 242 cm³/mol. The summed E-state index contributed by atoms with van der Waals surface area (Å²) >= 11 is 13.3. The maximum atomic E-state index is 13.0.